The number of aromatic nitrogens is 2. The van der Waals surface area contributed by atoms with Crippen LogP contribution in [-0.2, 0) is 13.6 Å². The normalized spacial score (nSPS) is 12.0. The Kier molecular flexibility index (Phi) is 5.87. The molecule has 0 spiro atoms. The Hall–Kier alpha value is -2.21. The summed E-state index contributed by atoms with van der Waals surface area (Å²) < 4.78 is 18.3. The third-order valence-electron chi connectivity index (χ3n) is 3.67. The second-order valence-corrected chi connectivity index (χ2v) is 5.44. The van der Waals surface area contributed by atoms with Gasteiger partial charge in [-0.15, -0.1) is 0 Å². The van der Waals surface area contributed by atoms with Crippen LogP contribution < -0.4 is 19.5 Å². The molecule has 1 aromatic heterocycles. The molecule has 0 fully saturated rings. The summed E-state index contributed by atoms with van der Waals surface area (Å²) >= 11 is 0. The highest BCUT2D eigenvalue weighted by Crippen LogP contribution is 2.26. The molecule has 0 aliphatic heterocycles. The van der Waals surface area contributed by atoms with Gasteiger partial charge in [-0.2, -0.15) is 5.10 Å². The van der Waals surface area contributed by atoms with Crippen LogP contribution in [0.15, 0.2) is 24.3 Å². The van der Waals surface area contributed by atoms with Crippen molar-refractivity contribution in [1.29, 1.82) is 0 Å². The summed E-state index contributed by atoms with van der Waals surface area (Å²) in [5.41, 5.74) is 2.04. The van der Waals surface area contributed by atoms with E-state index in [1.165, 1.54) is 0 Å². The summed E-state index contributed by atoms with van der Waals surface area (Å²) in [6.07, 6.45) is 0. The van der Waals surface area contributed by atoms with E-state index in [9.17, 15) is 0 Å². The highest BCUT2D eigenvalue weighted by Gasteiger charge is 2.15. The van der Waals surface area contributed by atoms with Crippen LogP contribution in [0.2, 0.25) is 0 Å². The van der Waals surface area contributed by atoms with Gasteiger partial charge in [0.1, 0.15) is 6.61 Å². The van der Waals surface area contributed by atoms with Gasteiger partial charge >= 0.3 is 0 Å². The smallest absolute Gasteiger partial charge is 0.216 e. The Morgan fingerprint density at radius 2 is 1.87 bits per heavy atom. The first-order valence-corrected chi connectivity index (χ1v) is 7.62. The number of para-hydroxylation sites is 2. The van der Waals surface area contributed by atoms with Gasteiger partial charge in [0.05, 0.1) is 25.5 Å². The Morgan fingerprint density at radius 3 is 2.52 bits per heavy atom. The number of rotatable bonds is 8. The van der Waals surface area contributed by atoms with Crippen LogP contribution in [0, 0.1) is 6.92 Å². The van der Waals surface area contributed by atoms with Gasteiger partial charge in [-0.25, -0.2) is 4.68 Å². The van der Waals surface area contributed by atoms with Crippen molar-refractivity contribution in [1.82, 2.24) is 15.1 Å². The fourth-order valence-corrected chi connectivity index (χ4v) is 2.43. The zero-order valence-corrected chi connectivity index (χ0v) is 14.4. The van der Waals surface area contributed by atoms with Crippen molar-refractivity contribution in [2.45, 2.75) is 26.4 Å². The Balaban J connectivity index is 1.89. The summed E-state index contributed by atoms with van der Waals surface area (Å²) in [4.78, 5) is 0. The molecule has 1 atom stereocenters. The highest BCUT2D eigenvalue weighted by molar-refractivity contribution is 5.39. The van der Waals surface area contributed by atoms with Crippen molar-refractivity contribution in [3.05, 3.63) is 35.5 Å². The van der Waals surface area contributed by atoms with Crippen LogP contribution in [0.1, 0.15) is 18.2 Å². The lowest BCUT2D eigenvalue weighted by Gasteiger charge is -2.16. The molecular formula is C17H25N3O3. The number of nitrogens with one attached hydrogen (secondary N) is 1. The van der Waals surface area contributed by atoms with Gasteiger partial charge in [-0.05, 0) is 26.0 Å². The van der Waals surface area contributed by atoms with E-state index >= 15 is 0 Å². The lowest BCUT2D eigenvalue weighted by atomic mass is 10.2. The van der Waals surface area contributed by atoms with E-state index in [-0.39, 0.29) is 6.04 Å². The largest absolute Gasteiger partial charge is 0.493 e. The number of hydrogen-bond donors (Lipinski definition) is 1. The van der Waals surface area contributed by atoms with Crippen molar-refractivity contribution in [3.63, 3.8) is 0 Å². The number of aryl methyl sites for hydroxylation is 2. The molecule has 0 aliphatic rings. The lowest BCUT2D eigenvalue weighted by molar-refractivity contribution is 0.258. The lowest BCUT2D eigenvalue weighted by Crippen LogP contribution is -2.31. The first-order chi connectivity index (χ1) is 11.1. The molecule has 0 amide bonds. The van der Waals surface area contributed by atoms with Crippen molar-refractivity contribution in [2.24, 2.45) is 7.05 Å². The van der Waals surface area contributed by atoms with Gasteiger partial charge in [-0.1, -0.05) is 12.1 Å². The van der Waals surface area contributed by atoms with E-state index in [1.807, 2.05) is 38.2 Å². The molecule has 1 heterocycles. The molecule has 0 aliphatic carbocycles. The molecule has 2 rings (SSSR count). The van der Waals surface area contributed by atoms with Gasteiger partial charge in [0.25, 0.3) is 0 Å². The summed E-state index contributed by atoms with van der Waals surface area (Å²) in [6.45, 7) is 5.28. The second-order valence-electron chi connectivity index (χ2n) is 5.44. The molecule has 6 heteroatoms. The van der Waals surface area contributed by atoms with Crippen LogP contribution in [0.4, 0.5) is 0 Å². The fourth-order valence-electron chi connectivity index (χ4n) is 2.43. The topological polar surface area (TPSA) is 57.5 Å². The summed E-state index contributed by atoms with van der Waals surface area (Å²) in [7, 11) is 5.18. The quantitative estimate of drug-likeness (QED) is 0.809. The van der Waals surface area contributed by atoms with Crippen molar-refractivity contribution in [3.8, 4) is 17.4 Å². The molecule has 0 bridgehead atoms. The van der Waals surface area contributed by atoms with E-state index in [2.05, 4.69) is 17.3 Å². The van der Waals surface area contributed by atoms with Gasteiger partial charge in [-0.3, -0.25) is 0 Å². The van der Waals surface area contributed by atoms with Crippen LogP contribution in [0.5, 0.6) is 17.4 Å². The Bertz CT molecular complexity index is 640. The maximum Gasteiger partial charge on any atom is 0.216 e. The minimum atomic E-state index is 0.171. The van der Waals surface area contributed by atoms with E-state index < -0.39 is 0 Å². The summed E-state index contributed by atoms with van der Waals surface area (Å²) in [5.74, 6) is 2.27. The zero-order valence-electron chi connectivity index (χ0n) is 14.4. The molecule has 23 heavy (non-hydrogen) atoms. The minimum Gasteiger partial charge on any atom is -0.493 e. The molecule has 6 nitrogen and oxygen atoms in total. The summed E-state index contributed by atoms with van der Waals surface area (Å²) in [5, 5.41) is 7.82. The molecule has 2 aromatic rings. The number of hydrogen-bond acceptors (Lipinski definition) is 5. The van der Waals surface area contributed by atoms with Crippen LogP contribution >= 0.6 is 0 Å². The monoisotopic (exact) mass is 319 g/mol. The molecular weight excluding hydrogens is 294 g/mol. The van der Waals surface area contributed by atoms with E-state index in [1.54, 1.807) is 18.9 Å². The number of benzene rings is 1. The third-order valence-corrected chi connectivity index (χ3v) is 3.67. The first-order valence-electron chi connectivity index (χ1n) is 7.62. The maximum absolute atomic E-state index is 5.83. The highest BCUT2D eigenvalue weighted by atomic mass is 16.5. The van der Waals surface area contributed by atoms with Gasteiger partial charge < -0.3 is 19.5 Å². The van der Waals surface area contributed by atoms with Crippen LogP contribution in [-0.4, -0.2) is 36.6 Å². The number of methoxy groups -OCH3 is 2. The van der Waals surface area contributed by atoms with E-state index in [0.717, 1.165) is 28.6 Å². The molecule has 1 N–H and O–H groups in total. The molecule has 126 valence electrons. The molecule has 1 aromatic carbocycles. The maximum atomic E-state index is 5.83. The van der Waals surface area contributed by atoms with Crippen LogP contribution in [0.25, 0.3) is 0 Å². The zero-order chi connectivity index (χ0) is 16.8. The molecule has 0 saturated heterocycles. The van der Waals surface area contributed by atoms with Crippen molar-refractivity contribution >= 4 is 0 Å². The Morgan fingerprint density at radius 1 is 1.17 bits per heavy atom. The standard InChI is InChI=1S/C17H25N3O3/c1-12(11-23-16-9-7-6-8-15(16)21-4)18-10-14-13(2)19-20(3)17(14)22-5/h6-9,12,18H,10-11H2,1-5H3. The SMILES string of the molecule is COc1ccccc1OCC(C)NCc1c(C)nn(C)c1OC. The number of nitrogens with zero attached hydrogens (tertiary/aromatic N) is 2. The average Bonchev–Trinajstić information content (AvgIpc) is 2.83. The molecule has 0 radical (unpaired) electrons. The summed E-state index contributed by atoms with van der Waals surface area (Å²) in [6, 6.07) is 7.81. The first kappa shape index (κ1) is 17.1. The molecule has 0 saturated carbocycles. The van der Waals surface area contributed by atoms with Gasteiger partial charge in [0.15, 0.2) is 11.5 Å². The van der Waals surface area contributed by atoms with Crippen molar-refractivity contribution < 1.29 is 14.2 Å². The van der Waals surface area contributed by atoms with E-state index in [4.69, 9.17) is 14.2 Å². The molecule has 1 unspecified atom stereocenters. The predicted molar refractivity (Wildman–Crippen MR) is 89.3 cm³/mol. The minimum absolute atomic E-state index is 0.171. The second kappa shape index (κ2) is 7.87. The Labute approximate surface area is 137 Å². The van der Waals surface area contributed by atoms with Crippen molar-refractivity contribution in [2.75, 3.05) is 20.8 Å². The third kappa shape index (κ3) is 4.16. The van der Waals surface area contributed by atoms with Gasteiger partial charge in [0, 0.05) is 19.6 Å². The van der Waals surface area contributed by atoms with Crippen LogP contribution in [0.3, 0.4) is 0 Å². The number of ether oxygens (including phenoxy) is 3. The van der Waals surface area contributed by atoms with E-state index in [0.29, 0.717) is 13.2 Å². The van der Waals surface area contributed by atoms with Gasteiger partial charge in [0.2, 0.25) is 5.88 Å². The fraction of sp³-hybridized carbons (Fsp3) is 0.471. The predicted octanol–water partition coefficient (Wildman–Crippen LogP) is 2.30. The average molecular weight is 319 g/mol.